The Bertz CT molecular complexity index is 367. The van der Waals surface area contributed by atoms with Crippen molar-refractivity contribution >= 4 is 11.4 Å². The van der Waals surface area contributed by atoms with Gasteiger partial charge in [-0.3, -0.25) is 0 Å². The van der Waals surface area contributed by atoms with Crippen LogP contribution in [0.15, 0.2) is 18.2 Å². The molecule has 0 radical (unpaired) electrons. The molecule has 0 aromatic heterocycles. The van der Waals surface area contributed by atoms with Crippen LogP contribution in [0.5, 0.6) is 0 Å². The third-order valence-electron chi connectivity index (χ3n) is 3.94. The van der Waals surface area contributed by atoms with E-state index in [0.29, 0.717) is 0 Å². The smallest absolute Gasteiger partial charge is 0.0597 e. The van der Waals surface area contributed by atoms with Gasteiger partial charge in [-0.1, -0.05) is 31.7 Å². The molecule has 0 unspecified atom stereocenters. The van der Waals surface area contributed by atoms with Gasteiger partial charge in [-0.2, -0.15) is 0 Å². The van der Waals surface area contributed by atoms with Crippen molar-refractivity contribution in [3.63, 3.8) is 0 Å². The van der Waals surface area contributed by atoms with E-state index in [0.717, 1.165) is 18.2 Å². The fourth-order valence-electron chi connectivity index (χ4n) is 2.82. The number of hydrogen-bond donors (Lipinski definition) is 1. The first kappa shape index (κ1) is 12.3. The van der Waals surface area contributed by atoms with Crippen molar-refractivity contribution in [2.24, 2.45) is 5.92 Å². The van der Waals surface area contributed by atoms with Crippen LogP contribution < -0.4 is 10.6 Å². The molecule has 0 amide bonds. The van der Waals surface area contributed by atoms with Gasteiger partial charge in [0, 0.05) is 13.6 Å². The van der Waals surface area contributed by atoms with E-state index in [-0.39, 0.29) is 0 Å². The summed E-state index contributed by atoms with van der Waals surface area (Å²) in [6, 6.07) is 6.33. The Morgan fingerprint density at radius 1 is 1.29 bits per heavy atom. The molecule has 1 aromatic carbocycles. The van der Waals surface area contributed by atoms with Crippen LogP contribution in [0.2, 0.25) is 0 Å². The Morgan fingerprint density at radius 3 is 2.65 bits per heavy atom. The maximum absolute atomic E-state index is 6.06. The fourth-order valence-corrected chi connectivity index (χ4v) is 2.82. The first-order valence-corrected chi connectivity index (χ1v) is 6.74. The first-order chi connectivity index (χ1) is 8.16. The molecule has 2 heteroatoms. The van der Waals surface area contributed by atoms with Crippen LogP contribution in [0, 0.1) is 12.8 Å². The zero-order chi connectivity index (χ0) is 12.3. The Balaban J connectivity index is 1.91. The quantitative estimate of drug-likeness (QED) is 0.804. The van der Waals surface area contributed by atoms with Crippen molar-refractivity contribution in [2.45, 2.75) is 39.0 Å². The predicted octanol–water partition coefficient (Wildman–Crippen LogP) is 3.59. The summed E-state index contributed by atoms with van der Waals surface area (Å²) in [5, 5.41) is 0. The van der Waals surface area contributed by atoms with E-state index in [1.54, 1.807) is 0 Å². The molecule has 0 bridgehead atoms. The molecule has 1 aromatic rings. The van der Waals surface area contributed by atoms with Gasteiger partial charge in [0.25, 0.3) is 0 Å². The van der Waals surface area contributed by atoms with E-state index in [9.17, 15) is 0 Å². The highest BCUT2D eigenvalue weighted by Gasteiger charge is 2.15. The molecular weight excluding hydrogens is 208 g/mol. The minimum atomic E-state index is 0.902. The Morgan fingerprint density at radius 2 is 2.00 bits per heavy atom. The zero-order valence-corrected chi connectivity index (χ0v) is 11.1. The van der Waals surface area contributed by atoms with Gasteiger partial charge in [0.15, 0.2) is 0 Å². The molecule has 1 saturated carbocycles. The van der Waals surface area contributed by atoms with Gasteiger partial charge in [0.2, 0.25) is 0 Å². The van der Waals surface area contributed by atoms with Gasteiger partial charge in [-0.05, 0) is 37.0 Å². The Hall–Kier alpha value is -1.18. The molecule has 0 spiro atoms. The van der Waals surface area contributed by atoms with Crippen LogP contribution >= 0.6 is 0 Å². The molecule has 1 aliphatic rings. The highest BCUT2D eigenvalue weighted by Crippen LogP contribution is 2.29. The van der Waals surface area contributed by atoms with Gasteiger partial charge in [-0.25, -0.2) is 0 Å². The molecule has 0 saturated heterocycles. The second-order valence-electron chi connectivity index (χ2n) is 5.42. The third kappa shape index (κ3) is 3.15. The van der Waals surface area contributed by atoms with E-state index in [2.05, 4.69) is 37.1 Å². The summed E-state index contributed by atoms with van der Waals surface area (Å²) in [4.78, 5) is 2.30. The van der Waals surface area contributed by atoms with Crippen LogP contribution in [0.3, 0.4) is 0 Å². The Kier molecular flexibility index (Phi) is 3.93. The van der Waals surface area contributed by atoms with Crippen LogP contribution in [-0.4, -0.2) is 13.6 Å². The first-order valence-electron chi connectivity index (χ1n) is 6.74. The highest BCUT2D eigenvalue weighted by molar-refractivity contribution is 5.68. The van der Waals surface area contributed by atoms with E-state index in [1.807, 2.05) is 0 Å². The summed E-state index contributed by atoms with van der Waals surface area (Å²) < 4.78 is 0. The number of hydrogen-bond acceptors (Lipinski definition) is 2. The second-order valence-corrected chi connectivity index (χ2v) is 5.42. The van der Waals surface area contributed by atoms with E-state index >= 15 is 0 Å². The van der Waals surface area contributed by atoms with Crippen LogP contribution in [0.25, 0.3) is 0 Å². The largest absolute Gasteiger partial charge is 0.397 e. The average Bonchev–Trinajstić information content (AvgIpc) is 2.78. The van der Waals surface area contributed by atoms with Gasteiger partial charge >= 0.3 is 0 Å². The van der Waals surface area contributed by atoms with Gasteiger partial charge in [0.1, 0.15) is 0 Å². The molecule has 2 rings (SSSR count). The van der Waals surface area contributed by atoms with Crippen molar-refractivity contribution in [2.75, 3.05) is 24.2 Å². The predicted molar refractivity (Wildman–Crippen MR) is 75.4 cm³/mol. The minimum absolute atomic E-state index is 0.902. The lowest BCUT2D eigenvalue weighted by Crippen LogP contribution is -2.21. The van der Waals surface area contributed by atoms with Crippen LogP contribution in [-0.2, 0) is 0 Å². The second kappa shape index (κ2) is 5.44. The summed E-state index contributed by atoms with van der Waals surface area (Å²) in [6.45, 7) is 3.20. The summed E-state index contributed by atoms with van der Waals surface area (Å²) in [5.41, 5.74) is 9.37. The molecule has 2 nitrogen and oxygen atoms in total. The maximum atomic E-state index is 6.06. The molecular formula is C15H24N2. The minimum Gasteiger partial charge on any atom is -0.397 e. The van der Waals surface area contributed by atoms with Crippen molar-refractivity contribution in [3.8, 4) is 0 Å². The molecule has 2 N–H and O–H groups in total. The summed E-state index contributed by atoms with van der Waals surface area (Å²) in [7, 11) is 2.15. The lowest BCUT2D eigenvalue weighted by molar-refractivity contribution is 0.505. The average molecular weight is 232 g/mol. The van der Waals surface area contributed by atoms with Crippen molar-refractivity contribution in [1.29, 1.82) is 0 Å². The van der Waals surface area contributed by atoms with Crippen LogP contribution in [0.4, 0.5) is 11.4 Å². The Labute approximate surface area is 105 Å². The van der Waals surface area contributed by atoms with Crippen LogP contribution in [0.1, 0.15) is 37.7 Å². The van der Waals surface area contributed by atoms with E-state index in [1.165, 1.54) is 43.4 Å². The molecule has 0 atom stereocenters. The molecule has 0 aliphatic heterocycles. The number of nitrogens with zero attached hydrogens (tertiary/aromatic N) is 1. The summed E-state index contributed by atoms with van der Waals surface area (Å²) in [5.74, 6) is 0.948. The fraction of sp³-hybridized carbons (Fsp3) is 0.600. The molecule has 17 heavy (non-hydrogen) atoms. The van der Waals surface area contributed by atoms with Gasteiger partial charge < -0.3 is 10.6 Å². The van der Waals surface area contributed by atoms with E-state index < -0.39 is 0 Å². The summed E-state index contributed by atoms with van der Waals surface area (Å²) in [6.07, 6.45) is 7.03. The number of nitrogen functional groups attached to an aromatic ring is 1. The van der Waals surface area contributed by atoms with Crippen molar-refractivity contribution < 1.29 is 0 Å². The van der Waals surface area contributed by atoms with E-state index in [4.69, 9.17) is 5.73 Å². The highest BCUT2D eigenvalue weighted by atomic mass is 15.1. The van der Waals surface area contributed by atoms with Gasteiger partial charge in [-0.15, -0.1) is 0 Å². The SMILES string of the molecule is Cc1ccc(N(C)CCC2CCCC2)c(N)c1. The monoisotopic (exact) mass is 232 g/mol. The number of nitrogens with two attached hydrogens (primary N) is 1. The number of aryl methyl sites for hydroxylation is 1. The van der Waals surface area contributed by atoms with Gasteiger partial charge in [0.05, 0.1) is 11.4 Å². The molecule has 0 heterocycles. The number of benzene rings is 1. The standard InChI is InChI=1S/C15H24N2/c1-12-7-8-15(14(16)11-12)17(2)10-9-13-5-3-4-6-13/h7-8,11,13H,3-6,9-10,16H2,1-2H3. The lowest BCUT2D eigenvalue weighted by atomic mass is 10.0. The maximum Gasteiger partial charge on any atom is 0.0597 e. The summed E-state index contributed by atoms with van der Waals surface area (Å²) >= 11 is 0. The number of anilines is 2. The topological polar surface area (TPSA) is 29.3 Å². The molecule has 1 aliphatic carbocycles. The molecule has 1 fully saturated rings. The third-order valence-corrected chi connectivity index (χ3v) is 3.94. The normalized spacial score (nSPS) is 16.4. The zero-order valence-electron chi connectivity index (χ0n) is 11.1. The number of rotatable bonds is 4. The van der Waals surface area contributed by atoms with Crippen molar-refractivity contribution in [3.05, 3.63) is 23.8 Å². The lowest BCUT2D eigenvalue weighted by Gasteiger charge is -2.23. The van der Waals surface area contributed by atoms with Crippen molar-refractivity contribution in [1.82, 2.24) is 0 Å². The molecule has 94 valence electrons.